The number of halogens is 4. The molecule has 12 heteroatoms. The average molecular weight is 582 g/mol. The number of sulfonamides is 1. The quantitative estimate of drug-likeness (QED) is 0.311. The maximum absolute atomic E-state index is 13.7. The van der Waals surface area contributed by atoms with Crippen LogP contribution in [0.15, 0.2) is 65.6 Å². The molecule has 206 valence electrons. The van der Waals surface area contributed by atoms with Gasteiger partial charge in [-0.3, -0.25) is 9.10 Å². The molecule has 0 unspecified atom stereocenters. The molecule has 3 aromatic carbocycles. The lowest BCUT2D eigenvalue weighted by Gasteiger charge is -2.35. The second-order valence-electron chi connectivity index (χ2n) is 8.65. The molecule has 1 atom stereocenters. The van der Waals surface area contributed by atoms with Gasteiger partial charge >= 0.3 is 12.1 Å². The standard InChI is InChI=1S/C27H23ClF3NO6S/c1-37-24-7-3-6-22(28)21(24)11-8-17-9-12-25-23(14-17)32(16-19(38-25)10-13-26(33)34)39(35,36)20-5-2-4-18(15-20)27(29,30)31/h2-9,11-12,14-15,19H,10,13,16H2,1H3,(H,33,34)/b11-8+/t19-/m0/s1. The summed E-state index contributed by atoms with van der Waals surface area (Å²) in [6.07, 6.45) is -2.49. The molecule has 1 heterocycles. The van der Waals surface area contributed by atoms with Gasteiger partial charge in [-0.1, -0.05) is 35.9 Å². The number of hydrogen-bond donors (Lipinski definition) is 1. The van der Waals surface area contributed by atoms with E-state index in [-0.39, 0.29) is 30.8 Å². The Labute approximate surface area is 228 Å². The predicted octanol–water partition coefficient (Wildman–Crippen LogP) is 6.36. The van der Waals surface area contributed by atoms with Crippen molar-refractivity contribution in [2.24, 2.45) is 0 Å². The van der Waals surface area contributed by atoms with E-state index in [1.165, 1.54) is 19.2 Å². The van der Waals surface area contributed by atoms with Crippen molar-refractivity contribution in [3.8, 4) is 11.5 Å². The Morgan fingerprint density at radius 1 is 1.15 bits per heavy atom. The van der Waals surface area contributed by atoms with Crippen LogP contribution in [0, 0.1) is 0 Å². The minimum atomic E-state index is -4.74. The molecule has 0 aliphatic carbocycles. The third kappa shape index (κ3) is 6.31. The number of nitrogens with zero attached hydrogens (tertiary/aromatic N) is 1. The topological polar surface area (TPSA) is 93.1 Å². The molecule has 1 N–H and O–H groups in total. The average Bonchev–Trinajstić information content (AvgIpc) is 2.90. The number of ether oxygens (including phenoxy) is 2. The van der Waals surface area contributed by atoms with Crippen LogP contribution in [-0.2, 0) is 21.0 Å². The van der Waals surface area contributed by atoms with Gasteiger partial charge in [0.1, 0.15) is 17.6 Å². The molecule has 0 radical (unpaired) electrons. The summed E-state index contributed by atoms with van der Waals surface area (Å²) in [5.41, 5.74) is 0.141. The Morgan fingerprint density at radius 2 is 1.90 bits per heavy atom. The zero-order valence-corrected chi connectivity index (χ0v) is 22.1. The zero-order valence-electron chi connectivity index (χ0n) is 20.5. The van der Waals surface area contributed by atoms with E-state index in [0.29, 0.717) is 28.0 Å². The summed E-state index contributed by atoms with van der Waals surface area (Å²) in [6, 6.07) is 13.3. The summed E-state index contributed by atoms with van der Waals surface area (Å²) in [7, 11) is -2.99. The second-order valence-corrected chi connectivity index (χ2v) is 10.9. The van der Waals surface area contributed by atoms with Gasteiger partial charge in [-0.25, -0.2) is 8.42 Å². The minimum Gasteiger partial charge on any atom is -0.496 e. The van der Waals surface area contributed by atoms with Crippen LogP contribution in [0.3, 0.4) is 0 Å². The molecule has 0 fully saturated rings. The lowest BCUT2D eigenvalue weighted by atomic mass is 10.1. The Morgan fingerprint density at radius 3 is 2.59 bits per heavy atom. The molecular formula is C27H23ClF3NO6S. The van der Waals surface area contributed by atoms with Gasteiger partial charge in [-0.05, 0) is 60.5 Å². The van der Waals surface area contributed by atoms with Crippen molar-refractivity contribution in [3.63, 3.8) is 0 Å². The maximum atomic E-state index is 13.7. The Hall–Kier alpha value is -3.70. The smallest absolute Gasteiger partial charge is 0.416 e. The van der Waals surface area contributed by atoms with Crippen LogP contribution >= 0.6 is 11.6 Å². The molecule has 4 rings (SSSR count). The van der Waals surface area contributed by atoms with E-state index in [2.05, 4.69) is 0 Å². The van der Waals surface area contributed by atoms with E-state index in [9.17, 15) is 26.4 Å². The number of carbonyl (C=O) groups is 1. The summed E-state index contributed by atoms with van der Waals surface area (Å²) >= 11 is 6.29. The number of alkyl halides is 3. The first-order chi connectivity index (χ1) is 18.4. The van der Waals surface area contributed by atoms with Crippen molar-refractivity contribution in [2.75, 3.05) is 18.0 Å². The van der Waals surface area contributed by atoms with E-state index in [0.717, 1.165) is 22.5 Å². The summed E-state index contributed by atoms with van der Waals surface area (Å²) < 4.78 is 79.5. The van der Waals surface area contributed by atoms with Crippen molar-refractivity contribution >= 4 is 45.4 Å². The van der Waals surface area contributed by atoms with E-state index >= 15 is 0 Å². The lowest BCUT2D eigenvalue weighted by Crippen LogP contribution is -2.43. The van der Waals surface area contributed by atoms with Crippen molar-refractivity contribution < 1.29 is 41.0 Å². The first kappa shape index (κ1) is 28.3. The third-order valence-electron chi connectivity index (χ3n) is 6.02. The van der Waals surface area contributed by atoms with E-state index in [1.54, 1.807) is 36.4 Å². The zero-order chi connectivity index (χ0) is 28.4. The lowest BCUT2D eigenvalue weighted by molar-refractivity contribution is -0.138. The highest BCUT2D eigenvalue weighted by molar-refractivity contribution is 7.92. The number of aliphatic carboxylic acids is 1. The second kappa shape index (κ2) is 11.2. The van der Waals surface area contributed by atoms with Crippen LogP contribution in [-0.4, -0.2) is 39.3 Å². The van der Waals surface area contributed by atoms with Gasteiger partial charge in [0.15, 0.2) is 0 Å². The highest BCUT2D eigenvalue weighted by atomic mass is 35.5. The van der Waals surface area contributed by atoms with Gasteiger partial charge in [-0.15, -0.1) is 0 Å². The molecule has 0 amide bonds. The Balaban J connectivity index is 1.77. The van der Waals surface area contributed by atoms with Gasteiger partial charge in [0.25, 0.3) is 10.0 Å². The first-order valence-corrected chi connectivity index (χ1v) is 13.4. The number of anilines is 1. The maximum Gasteiger partial charge on any atom is 0.416 e. The normalized spacial score (nSPS) is 15.6. The monoisotopic (exact) mass is 581 g/mol. The molecule has 1 aliphatic heterocycles. The Bertz CT molecular complexity index is 1520. The summed E-state index contributed by atoms with van der Waals surface area (Å²) in [5.74, 6) is -0.415. The predicted molar refractivity (Wildman–Crippen MR) is 141 cm³/mol. The summed E-state index contributed by atoms with van der Waals surface area (Å²) in [4.78, 5) is 10.6. The molecule has 39 heavy (non-hydrogen) atoms. The van der Waals surface area contributed by atoms with Gasteiger partial charge in [-0.2, -0.15) is 13.2 Å². The number of hydrogen-bond acceptors (Lipinski definition) is 5. The number of fused-ring (bicyclic) bond motifs is 1. The molecular weight excluding hydrogens is 559 g/mol. The fourth-order valence-electron chi connectivity index (χ4n) is 4.09. The molecule has 1 aliphatic rings. The molecule has 0 bridgehead atoms. The fraction of sp³-hybridized carbons (Fsp3) is 0.222. The van der Waals surface area contributed by atoms with Crippen LogP contribution in [0.1, 0.15) is 29.5 Å². The molecule has 0 spiro atoms. The molecule has 7 nitrogen and oxygen atoms in total. The van der Waals surface area contributed by atoms with Crippen molar-refractivity contribution in [3.05, 3.63) is 82.4 Å². The van der Waals surface area contributed by atoms with Crippen LogP contribution in [0.2, 0.25) is 5.02 Å². The number of carboxylic acid groups (broad SMARTS) is 1. The molecule has 0 saturated carbocycles. The van der Waals surface area contributed by atoms with E-state index in [1.807, 2.05) is 0 Å². The van der Waals surface area contributed by atoms with E-state index in [4.69, 9.17) is 26.2 Å². The summed E-state index contributed by atoms with van der Waals surface area (Å²) in [6.45, 7) is -0.287. The largest absolute Gasteiger partial charge is 0.496 e. The molecule has 0 aromatic heterocycles. The Kier molecular flexibility index (Phi) is 8.12. The van der Waals surface area contributed by atoms with Gasteiger partial charge in [0.05, 0.1) is 34.8 Å². The van der Waals surface area contributed by atoms with Crippen LogP contribution < -0.4 is 13.8 Å². The van der Waals surface area contributed by atoms with Gasteiger partial charge < -0.3 is 14.6 Å². The molecule has 3 aromatic rings. The van der Waals surface area contributed by atoms with Crippen LogP contribution in [0.5, 0.6) is 11.5 Å². The van der Waals surface area contributed by atoms with Crippen molar-refractivity contribution in [2.45, 2.75) is 30.0 Å². The number of carboxylic acids is 1. The van der Waals surface area contributed by atoms with E-state index < -0.39 is 38.7 Å². The number of methoxy groups -OCH3 is 1. The van der Waals surface area contributed by atoms with Crippen LogP contribution in [0.25, 0.3) is 12.2 Å². The minimum absolute atomic E-state index is 0.00264. The number of benzene rings is 3. The van der Waals surface area contributed by atoms with Gasteiger partial charge in [0.2, 0.25) is 0 Å². The third-order valence-corrected chi connectivity index (χ3v) is 8.12. The highest BCUT2D eigenvalue weighted by Gasteiger charge is 2.37. The fourth-order valence-corrected chi connectivity index (χ4v) is 5.87. The van der Waals surface area contributed by atoms with Crippen LogP contribution in [0.4, 0.5) is 18.9 Å². The number of rotatable bonds is 8. The van der Waals surface area contributed by atoms with Gasteiger partial charge in [0, 0.05) is 12.0 Å². The first-order valence-electron chi connectivity index (χ1n) is 11.6. The SMILES string of the molecule is COc1cccc(Cl)c1/C=C/c1ccc2c(c1)N(S(=O)(=O)c1cccc(C(F)(F)F)c1)C[C@H](CCC(=O)O)O2. The highest BCUT2D eigenvalue weighted by Crippen LogP contribution is 2.40. The van der Waals surface area contributed by atoms with Crippen molar-refractivity contribution in [1.82, 2.24) is 0 Å². The molecule has 0 saturated heterocycles. The summed E-state index contributed by atoms with van der Waals surface area (Å²) in [5, 5.41) is 9.51. The van der Waals surface area contributed by atoms with Crippen molar-refractivity contribution in [1.29, 1.82) is 0 Å².